The number of aliphatic hydroxyl groups excluding tert-OH is 1. The molecule has 0 aromatic rings. The smallest absolute Gasteiger partial charge is 0.164 e. The van der Waals surface area contributed by atoms with Crippen molar-refractivity contribution in [1.82, 2.24) is 0 Å². The molecule has 0 unspecified atom stereocenters. The van der Waals surface area contributed by atoms with E-state index >= 15 is 0 Å². The van der Waals surface area contributed by atoms with Crippen LogP contribution in [0.25, 0.3) is 0 Å². The molecule has 0 amide bonds. The van der Waals surface area contributed by atoms with Gasteiger partial charge in [-0.3, -0.25) is 0 Å². The number of hydrogen-bond donors (Lipinski definition) is 1. The standard InChI is InChI=1S/C12H20O6/c1-11(2)15-6-8(17-11)9(14)10-7(5-13)16-12(3,4)18-10/h5,7-10,14H,6H2,1-4H3/t7-,8-,9-,10-/m1/s1. The lowest BCUT2D eigenvalue weighted by Gasteiger charge is -2.25. The average Bonchev–Trinajstić information content (AvgIpc) is 2.77. The van der Waals surface area contributed by atoms with E-state index in [0.717, 1.165) is 0 Å². The van der Waals surface area contributed by atoms with E-state index < -0.39 is 36.0 Å². The maximum Gasteiger partial charge on any atom is 0.164 e. The van der Waals surface area contributed by atoms with E-state index in [4.69, 9.17) is 18.9 Å². The zero-order valence-electron chi connectivity index (χ0n) is 11.1. The summed E-state index contributed by atoms with van der Waals surface area (Å²) in [6.07, 6.45) is -2.38. The van der Waals surface area contributed by atoms with Gasteiger partial charge in [0.15, 0.2) is 17.9 Å². The average molecular weight is 260 g/mol. The van der Waals surface area contributed by atoms with Crippen LogP contribution in [-0.4, -0.2) is 54.0 Å². The maximum atomic E-state index is 11.0. The van der Waals surface area contributed by atoms with Crippen molar-refractivity contribution in [1.29, 1.82) is 0 Å². The molecule has 2 rings (SSSR count). The van der Waals surface area contributed by atoms with E-state index in [0.29, 0.717) is 6.29 Å². The highest BCUT2D eigenvalue weighted by Crippen LogP contribution is 2.33. The topological polar surface area (TPSA) is 74.2 Å². The van der Waals surface area contributed by atoms with Crippen LogP contribution in [0.1, 0.15) is 27.7 Å². The predicted molar refractivity (Wildman–Crippen MR) is 60.8 cm³/mol. The zero-order valence-corrected chi connectivity index (χ0v) is 11.1. The Morgan fingerprint density at radius 1 is 1.17 bits per heavy atom. The van der Waals surface area contributed by atoms with Gasteiger partial charge < -0.3 is 28.8 Å². The largest absolute Gasteiger partial charge is 0.387 e. The summed E-state index contributed by atoms with van der Waals surface area (Å²) in [4.78, 5) is 11.0. The van der Waals surface area contributed by atoms with Crippen molar-refractivity contribution in [2.45, 2.75) is 63.7 Å². The quantitative estimate of drug-likeness (QED) is 0.732. The molecule has 0 aromatic carbocycles. The van der Waals surface area contributed by atoms with Crippen molar-refractivity contribution in [3.8, 4) is 0 Å². The third-order valence-electron chi connectivity index (χ3n) is 3.05. The molecule has 2 aliphatic heterocycles. The van der Waals surface area contributed by atoms with E-state index in [1.54, 1.807) is 27.7 Å². The Labute approximate surface area is 106 Å². The fourth-order valence-corrected chi connectivity index (χ4v) is 2.28. The Balaban J connectivity index is 2.05. The van der Waals surface area contributed by atoms with Crippen LogP contribution in [0.2, 0.25) is 0 Å². The van der Waals surface area contributed by atoms with Gasteiger partial charge in [0.2, 0.25) is 0 Å². The van der Waals surface area contributed by atoms with Gasteiger partial charge in [-0.25, -0.2) is 0 Å². The fourth-order valence-electron chi connectivity index (χ4n) is 2.28. The summed E-state index contributed by atoms with van der Waals surface area (Å²) >= 11 is 0. The third kappa shape index (κ3) is 2.73. The van der Waals surface area contributed by atoms with Crippen molar-refractivity contribution in [2.24, 2.45) is 0 Å². The molecule has 2 heterocycles. The summed E-state index contributed by atoms with van der Waals surface area (Å²) < 4.78 is 21.9. The second-order valence-electron chi connectivity index (χ2n) is 5.56. The normalized spacial score (nSPS) is 39.7. The van der Waals surface area contributed by atoms with Crippen LogP contribution in [0.15, 0.2) is 0 Å². The van der Waals surface area contributed by atoms with E-state index in [-0.39, 0.29) is 6.61 Å². The first kappa shape index (κ1) is 13.9. The van der Waals surface area contributed by atoms with Gasteiger partial charge in [-0.1, -0.05) is 0 Å². The van der Waals surface area contributed by atoms with E-state index in [1.807, 2.05) is 0 Å². The summed E-state index contributed by atoms with van der Waals surface area (Å²) in [5.74, 6) is -1.61. The molecule has 2 aliphatic rings. The lowest BCUT2D eigenvalue weighted by atomic mass is 10.0. The Hall–Kier alpha value is -0.530. The summed E-state index contributed by atoms with van der Waals surface area (Å²) in [5, 5.41) is 10.2. The highest BCUT2D eigenvalue weighted by molar-refractivity contribution is 5.58. The number of aldehydes is 1. The van der Waals surface area contributed by atoms with E-state index in [2.05, 4.69) is 0 Å². The van der Waals surface area contributed by atoms with Gasteiger partial charge in [0.05, 0.1) is 6.61 Å². The summed E-state index contributed by atoms with van der Waals surface area (Å²) in [5.41, 5.74) is 0. The summed E-state index contributed by atoms with van der Waals surface area (Å²) in [7, 11) is 0. The highest BCUT2D eigenvalue weighted by atomic mass is 16.8. The molecule has 6 heteroatoms. The maximum absolute atomic E-state index is 11.0. The van der Waals surface area contributed by atoms with Gasteiger partial charge in [0, 0.05) is 0 Å². The highest BCUT2D eigenvalue weighted by Gasteiger charge is 2.49. The van der Waals surface area contributed by atoms with Gasteiger partial charge in [0.1, 0.15) is 24.4 Å². The van der Waals surface area contributed by atoms with Gasteiger partial charge >= 0.3 is 0 Å². The molecule has 2 fully saturated rings. The van der Waals surface area contributed by atoms with Gasteiger partial charge in [-0.15, -0.1) is 0 Å². The minimum Gasteiger partial charge on any atom is -0.387 e. The van der Waals surface area contributed by atoms with Crippen LogP contribution in [0.3, 0.4) is 0 Å². The Kier molecular flexibility index (Phi) is 3.50. The number of hydrogen-bond acceptors (Lipinski definition) is 6. The number of carbonyl (C=O) groups excluding carboxylic acids is 1. The van der Waals surface area contributed by atoms with E-state index in [1.165, 1.54) is 0 Å². The lowest BCUT2D eigenvalue weighted by molar-refractivity contribution is -0.178. The molecule has 4 atom stereocenters. The van der Waals surface area contributed by atoms with Crippen LogP contribution in [0, 0.1) is 0 Å². The van der Waals surface area contributed by atoms with Crippen molar-refractivity contribution < 1.29 is 28.8 Å². The van der Waals surface area contributed by atoms with Gasteiger partial charge in [0.25, 0.3) is 0 Å². The number of ether oxygens (including phenoxy) is 4. The molecule has 104 valence electrons. The van der Waals surface area contributed by atoms with Crippen LogP contribution in [-0.2, 0) is 23.7 Å². The molecule has 18 heavy (non-hydrogen) atoms. The van der Waals surface area contributed by atoms with Gasteiger partial charge in [-0.05, 0) is 27.7 Å². The van der Waals surface area contributed by atoms with Crippen molar-refractivity contribution in [2.75, 3.05) is 6.61 Å². The van der Waals surface area contributed by atoms with Crippen LogP contribution >= 0.6 is 0 Å². The summed E-state index contributed by atoms with van der Waals surface area (Å²) in [6.45, 7) is 7.21. The molecule has 6 nitrogen and oxygen atoms in total. The summed E-state index contributed by atoms with van der Waals surface area (Å²) in [6, 6.07) is 0. The Morgan fingerprint density at radius 2 is 1.83 bits per heavy atom. The van der Waals surface area contributed by atoms with Crippen LogP contribution in [0.5, 0.6) is 0 Å². The van der Waals surface area contributed by atoms with Crippen molar-refractivity contribution in [3.05, 3.63) is 0 Å². The molecular weight excluding hydrogens is 240 g/mol. The SMILES string of the molecule is CC1(C)O[C@@H]([C@H](O)[C@H]2COC(C)(C)O2)[C@@H](C=O)O1. The van der Waals surface area contributed by atoms with E-state index in [9.17, 15) is 9.90 Å². The second-order valence-corrected chi connectivity index (χ2v) is 5.56. The van der Waals surface area contributed by atoms with Crippen molar-refractivity contribution >= 4 is 6.29 Å². The molecular formula is C12H20O6. The lowest BCUT2D eigenvalue weighted by Crippen LogP contribution is -2.45. The molecule has 0 aliphatic carbocycles. The zero-order chi connectivity index (χ0) is 13.6. The molecule has 0 saturated carbocycles. The minimum absolute atomic E-state index is 0.264. The minimum atomic E-state index is -0.969. The molecule has 0 bridgehead atoms. The first-order chi connectivity index (χ1) is 8.24. The predicted octanol–water partition coefficient (Wildman–Crippen LogP) is 0.218. The third-order valence-corrected chi connectivity index (χ3v) is 3.05. The Morgan fingerprint density at radius 3 is 2.33 bits per heavy atom. The van der Waals surface area contributed by atoms with Crippen molar-refractivity contribution in [3.63, 3.8) is 0 Å². The van der Waals surface area contributed by atoms with Gasteiger partial charge in [-0.2, -0.15) is 0 Å². The molecule has 2 saturated heterocycles. The number of aliphatic hydroxyl groups is 1. The Bertz CT molecular complexity index is 327. The number of rotatable bonds is 3. The second kappa shape index (κ2) is 4.54. The molecule has 1 N–H and O–H groups in total. The van der Waals surface area contributed by atoms with Crippen LogP contribution < -0.4 is 0 Å². The first-order valence-corrected chi connectivity index (χ1v) is 6.05. The first-order valence-electron chi connectivity index (χ1n) is 6.05. The number of carbonyl (C=O) groups is 1. The molecule has 0 radical (unpaired) electrons. The molecule has 0 spiro atoms. The van der Waals surface area contributed by atoms with Crippen LogP contribution in [0.4, 0.5) is 0 Å². The fraction of sp³-hybridized carbons (Fsp3) is 0.917. The monoisotopic (exact) mass is 260 g/mol. The molecule has 0 aromatic heterocycles.